The fraction of sp³-hybridized carbons (Fsp3) is 0.423. The molecule has 1 amide bonds. The molecule has 3 aromatic heterocycles. The standard InChI is InChI=1S/C26H28FN7O2/c1-14-8-34-10-16(7-21(27)25(34)28-14)30-26(35)17-3-4-22(18-11-32(2)31-24(17)18)33-6-5-15(9-33)29-23-19-12-36-13-20(19)23/h3-4,7-8,10-11,15,19-20,23,29H,5-6,9,12-13H2,1-2H3,(H,30,35)/t15-,19?,20?,23?/m0/s1. The van der Waals surface area contributed by atoms with Gasteiger partial charge in [0.15, 0.2) is 11.5 Å². The summed E-state index contributed by atoms with van der Waals surface area (Å²) in [5, 5.41) is 12.2. The third kappa shape index (κ3) is 3.55. The molecule has 10 heteroatoms. The van der Waals surface area contributed by atoms with E-state index in [-0.39, 0.29) is 11.6 Å². The molecular weight excluding hydrogens is 461 g/mol. The maximum atomic E-state index is 14.5. The number of pyridine rings is 1. The molecule has 0 bridgehead atoms. The Labute approximate surface area is 207 Å². The third-order valence-corrected chi connectivity index (χ3v) is 7.81. The van der Waals surface area contributed by atoms with Crippen LogP contribution in [0.5, 0.6) is 0 Å². The molecule has 1 saturated carbocycles. The van der Waals surface area contributed by atoms with Crippen LogP contribution < -0.4 is 15.5 Å². The monoisotopic (exact) mass is 489 g/mol. The van der Waals surface area contributed by atoms with E-state index in [1.165, 1.54) is 6.07 Å². The summed E-state index contributed by atoms with van der Waals surface area (Å²) in [7, 11) is 1.86. The van der Waals surface area contributed by atoms with Gasteiger partial charge in [-0.2, -0.15) is 5.10 Å². The molecule has 36 heavy (non-hydrogen) atoms. The van der Waals surface area contributed by atoms with Gasteiger partial charge in [0.2, 0.25) is 0 Å². The molecule has 1 aromatic carbocycles. The molecule has 0 spiro atoms. The van der Waals surface area contributed by atoms with Gasteiger partial charge >= 0.3 is 0 Å². The summed E-state index contributed by atoms with van der Waals surface area (Å²) < 4.78 is 23.4. The highest BCUT2D eigenvalue weighted by atomic mass is 19.1. The summed E-state index contributed by atoms with van der Waals surface area (Å²) in [5.74, 6) is 0.561. The zero-order chi connectivity index (χ0) is 24.6. The van der Waals surface area contributed by atoms with Gasteiger partial charge < -0.3 is 24.7 Å². The van der Waals surface area contributed by atoms with E-state index in [1.807, 2.05) is 25.4 Å². The molecule has 2 N–H and O–H groups in total. The lowest BCUT2D eigenvalue weighted by atomic mass is 10.1. The van der Waals surface area contributed by atoms with Crippen LogP contribution in [0.15, 0.2) is 36.8 Å². The summed E-state index contributed by atoms with van der Waals surface area (Å²) in [6, 6.07) is 6.17. The molecule has 3 aliphatic rings. The Bertz CT molecular complexity index is 1500. The van der Waals surface area contributed by atoms with E-state index in [0.717, 1.165) is 43.8 Å². The minimum Gasteiger partial charge on any atom is -0.381 e. The van der Waals surface area contributed by atoms with E-state index in [1.54, 1.807) is 28.4 Å². The SMILES string of the molecule is Cc1cn2cc(NC(=O)c3ccc(N4CC[C@H](NC5C6COCC65)C4)c4cn(C)nc34)cc(F)c2n1. The Balaban J connectivity index is 1.13. The minimum absolute atomic E-state index is 0.235. The Morgan fingerprint density at radius 2 is 2.03 bits per heavy atom. The highest BCUT2D eigenvalue weighted by molar-refractivity contribution is 6.13. The average Bonchev–Trinajstić information content (AvgIpc) is 3.41. The molecule has 186 valence electrons. The van der Waals surface area contributed by atoms with Crippen LogP contribution in [0.3, 0.4) is 0 Å². The van der Waals surface area contributed by atoms with Gasteiger partial charge in [-0.15, -0.1) is 0 Å². The molecule has 4 aromatic rings. The van der Waals surface area contributed by atoms with Crippen molar-refractivity contribution in [3.63, 3.8) is 0 Å². The number of nitrogens with zero attached hydrogens (tertiary/aromatic N) is 5. The molecule has 9 nitrogen and oxygen atoms in total. The number of anilines is 2. The highest BCUT2D eigenvalue weighted by Crippen LogP contribution is 2.44. The number of imidazole rings is 1. The molecule has 7 rings (SSSR count). The zero-order valence-corrected chi connectivity index (χ0v) is 20.2. The van der Waals surface area contributed by atoms with Crippen molar-refractivity contribution >= 4 is 33.8 Å². The quantitative estimate of drug-likeness (QED) is 0.448. The number of ether oxygens (including phenoxy) is 1. The predicted octanol–water partition coefficient (Wildman–Crippen LogP) is 2.73. The van der Waals surface area contributed by atoms with Crippen molar-refractivity contribution < 1.29 is 13.9 Å². The van der Waals surface area contributed by atoms with Crippen LogP contribution in [-0.2, 0) is 11.8 Å². The first kappa shape index (κ1) is 21.8. The lowest BCUT2D eigenvalue weighted by Gasteiger charge is -2.21. The smallest absolute Gasteiger partial charge is 0.257 e. The van der Waals surface area contributed by atoms with Gasteiger partial charge in [0.1, 0.15) is 5.52 Å². The Hall–Kier alpha value is -3.50. The topological polar surface area (TPSA) is 88.7 Å². The van der Waals surface area contributed by atoms with Gasteiger partial charge in [0, 0.05) is 79.8 Å². The Morgan fingerprint density at radius 3 is 2.86 bits per heavy atom. The van der Waals surface area contributed by atoms with Crippen molar-refractivity contribution in [1.82, 2.24) is 24.5 Å². The van der Waals surface area contributed by atoms with Crippen molar-refractivity contribution in [3.05, 3.63) is 53.9 Å². The van der Waals surface area contributed by atoms with Crippen LogP contribution in [0.1, 0.15) is 22.5 Å². The van der Waals surface area contributed by atoms with E-state index in [9.17, 15) is 9.18 Å². The number of nitrogens with one attached hydrogen (secondary N) is 2. The van der Waals surface area contributed by atoms with Gasteiger partial charge in [0.25, 0.3) is 5.91 Å². The van der Waals surface area contributed by atoms with Gasteiger partial charge in [0.05, 0.1) is 30.2 Å². The van der Waals surface area contributed by atoms with Gasteiger partial charge in [-0.05, 0) is 25.5 Å². The number of amides is 1. The number of fused-ring (bicyclic) bond motifs is 3. The van der Waals surface area contributed by atoms with Crippen molar-refractivity contribution in [1.29, 1.82) is 0 Å². The molecule has 3 atom stereocenters. The van der Waals surface area contributed by atoms with Gasteiger partial charge in [-0.25, -0.2) is 9.37 Å². The lowest BCUT2D eigenvalue weighted by molar-refractivity contribution is 0.102. The molecular formula is C26H28FN7O2. The normalized spacial score (nSPS) is 25.1. The number of hydrogen-bond donors (Lipinski definition) is 2. The molecule has 2 unspecified atom stereocenters. The summed E-state index contributed by atoms with van der Waals surface area (Å²) in [6.45, 7) is 5.46. The highest BCUT2D eigenvalue weighted by Gasteiger charge is 2.54. The number of carbonyl (C=O) groups excluding carboxylic acids is 1. The van der Waals surface area contributed by atoms with E-state index in [4.69, 9.17) is 4.74 Å². The second kappa shape index (κ2) is 8.01. The molecule has 5 heterocycles. The lowest BCUT2D eigenvalue weighted by Crippen LogP contribution is -2.36. The number of halogens is 1. The summed E-state index contributed by atoms with van der Waals surface area (Å²) in [4.78, 5) is 19.8. The second-order valence-corrected chi connectivity index (χ2v) is 10.3. The van der Waals surface area contributed by atoms with Gasteiger partial charge in [-0.1, -0.05) is 0 Å². The summed E-state index contributed by atoms with van der Waals surface area (Å²) >= 11 is 0. The minimum atomic E-state index is -0.487. The first-order valence-corrected chi connectivity index (χ1v) is 12.5. The van der Waals surface area contributed by atoms with E-state index < -0.39 is 5.82 Å². The number of hydrogen-bond acceptors (Lipinski definition) is 6. The van der Waals surface area contributed by atoms with Crippen LogP contribution in [0.4, 0.5) is 15.8 Å². The maximum Gasteiger partial charge on any atom is 0.257 e. The van der Waals surface area contributed by atoms with E-state index in [0.29, 0.717) is 46.4 Å². The first-order valence-electron chi connectivity index (χ1n) is 12.5. The average molecular weight is 490 g/mol. The largest absolute Gasteiger partial charge is 0.381 e. The molecule has 0 radical (unpaired) electrons. The predicted molar refractivity (Wildman–Crippen MR) is 134 cm³/mol. The van der Waals surface area contributed by atoms with E-state index in [2.05, 4.69) is 25.6 Å². The second-order valence-electron chi connectivity index (χ2n) is 10.3. The number of aromatic nitrogens is 4. The number of benzene rings is 1. The Kier molecular flexibility index (Phi) is 4.84. The van der Waals surface area contributed by atoms with Crippen LogP contribution in [-0.4, -0.2) is 63.5 Å². The van der Waals surface area contributed by atoms with E-state index >= 15 is 0 Å². The van der Waals surface area contributed by atoms with Crippen molar-refractivity contribution in [2.75, 3.05) is 36.5 Å². The van der Waals surface area contributed by atoms with Crippen LogP contribution in [0, 0.1) is 24.6 Å². The molecule has 3 fully saturated rings. The number of rotatable bonds is 5. The number of carbonyl (C=O) groups is 1. The van der Waals surface area contributed by atoms with Crippen LogP contribution >= 0.6 is 0 Å². The van der Waals surface area contributed by atoms with Crippen LogP contribution in [0.25, 0.3) is 16.6 Å². The molecule has 2 aliphatic heterocycles. The number of aryl methyl sites for hydroxylation is 2. The molecule has 1 aliphatic carbocycles. The van der Waals surface area contributed by atoms with Crippen molar-refractivity contribution in [2.24, 2.45) is 18.9 Å². The van der Waals surface area contributed by atoms with Crippen LogP contribution in [0.2, 0.25) is 0 Å². The summed E-state index contributed by atoms with van der Waals surface area (Å²) in [6.07, 6.45) is 6.44. The molecule has 2 saturated heterocycles. The zero-order valence-electron chi connectivity index (χ0n) is 20.2. The maximum absolute atomic E-state index is 14.5. The fourth-order valence-corrected chi connectivity index (χ4v) is 5.99. The van der Waals surface area contributed by atoms with Crippen molar-refractivity contribution in [2.45, 2.75) is 25.4 Å². The summed E-state index contributed by atoms with van der Waals surface area (Å²) in [5.41, 5.74) is 3.48. The third-order valence-electron chi connectivity index (χ3n) is 7.81. The van der Waals surface area contributed by atoms with Gasteiger partial charge in [-0.3, -0.25) is 9.48 Å². The van der Waals surface area contributed by atoms with Crippen molar-refractivity contribution in [3.8, 4) is 0 Å². The Morgan fingerprint density at radius 1 is 1.19 bits per heavy atom. The fourth-order valence-electron chi connectivity index (χ4n) is 5.99. The first-order chi connectivity index (χ1) is 17.4.